The van der Waals surface area contributed by atoms with E-state index in [0.29, 0.717) is 13.1 Å². The predicted molar refractivity (Wildman–Crippen MR) is 66.6 cm³/mol. The zero-order valence-electron chi connectivity index (χ0n) is 10.5. The summed E-state index contributed by atoms with van der Waals surface area (Å²) < 4.78 is 15.9. The van der Waals surface area contributed by atoms with E-state index < -0.39 is 6.67 Å². The van der Waals surface area contributed by atoms with Crippen LogP contribution in [0.5, 0.6) is 0 Å². The van der Waals surface area contributed by atoms with Gasteiger partial charge in [0.1, 0.15) is 6.67 Å². The van der Waals surface area contributed by atoms with Crippen molar-refractivity contribution >= 4 is 0 Å². The Bertz CT molecular complexity index is 476. The standard InChI is InChI=1S/C12H18FN5/c1-2-17-11(3-6-15-17)9-14-10-12-4-7-16-18(12)8-5-13/h3-4,6-7,14H,2,5,8-10H2,1H3. The molecule has 2 aromatic rings. The summed E-state index contributed by atoms with van der Waals surface area (Å²) in [5, 5.41) is 11.6. The SMILES string of the molecule is CCn1nccc1CNCc1ccnn1CCF. The second kappa shape index (κ2) is 6.30. The molecule has 0 aliphatic heterocycles. The van der Waals surface area contributed by atoms with Crippen LogP contribution in [0.4, 0.5) is 4.39 Å². The van der Waals surface area contributed by atoms with Gasteiger partial charge in [0.05, 0.1) is 17.9 Å². The van der Waals surface area contributed by atoms with Gasteiger partial charge in [0, 0.05) is 32.0 Å². The molecule has 1 N–H and O–H groups in total. The maximum absolute atomic E-state index is 12.3. The largest absolute Gasteiger partial charge is 0.306 e. The van der Waals surface area contributed by atoms with Gasteiger partial charge >= 0.3 is 0 Å². The fourth-order valence-electron chi connectivity index (χ4n) is 1.91. The lowest BCUT2D eigenvalue weighted by Crippen LogP contribution is -2.19. The number of aromatic nitrogens is 4. The smallest absolute Gasteiger partial charge is 0.109 e. The Morgan fingerprint density at radius 2 is 1.72 bits per heavy atom. The van der Waals surface area contributed by atoms with Gasteiger partial charge in [-0.2, -0.15) is 10.2 Å². The summed E-state index contributed by atoms with van der Waals surface area (Å²) in [6.07, 6.45) is 3.50. The molecule has 0 unspecified atom stereocenters. The molecule has 0 atom stereocenters. The van der Waals surface area contributed by atoms with Crippen LogP contribution >= 0.6 is 0 Å². The average Bonchev–Trinajstić information content (AvgIpc) is 2.99. The minimum atomic E-state index is -0.392. The number of hydrogen-bond acceptors (Lipinski definition) is 3. The molecule has 2 rings (SSSR count). The van der Waals surface area contributed by atoms with Gasteiger partial charge in [-0.3, -0.25) is 9.36 Å². The Balaban J connectivity index is 1.86. The summed E-state index contributed by atoms with van der Waals surface area (Å²) in [4.78, 5) is 0. The number of hydrogen-bond donors (Lipinski definition) is 1. The summed E-state index contributed by atoms with van der Waals surface area (Å²) in [6.45, 7) is 4.27. The van der Waals surface area contributed by atoms with E-state index >= 15 is 0 Å². The second-order valence-electron chi connectivity index (χ2n) is 3.98. The van der Waals surface area contributed by atoms with E-state index in [4.69, 9.17) is 0 Å². The molecule has 0 saturated carbocycles. The van der Waals surface area contributed by atoms with Gasteiger partial charge in [-0.1, -0.05) is 0 Å². The number of rotatable bonds is 7. The minimum Gasteiger partial charge on any atom is -0.306 e. The maximum atomic E-state index is 12.3. The topological polar surface area (TPSA) is 47.7 Å². The average molecular weight is 251 g/mol. The summed E-state index contributed by atoms with van der Waals surface area (Å²) in [5.41, 5.74) is 2.14. The zero-order chi connectivity index (χ0) is 12.8. The zero-order valence-corrected chi connectivity index (χ0v) is 10.5. The first-order valence-corrected chi connectivity index (χ1v) is 6.13. The molecule has 0 saturated heterocycles. The first-order valence-electron chi connectivity index (χ1n) is 6.13. The van der Waals surface area contributed by atoms with Gasteiger partial charge in [-0.25, -0.2) is 4.39 Å². The van der Waals surface area contributed by atoms with E-state index in [1.165, 1.54) is 0 Å². The van der Waals surface area contributed by atoms with Crippen LogP contribution in [0.25, 0.3) is 0 Å². The molecule has 6 heteroatoms. The van der Waals surface area contributed by atoms with Gasteiger partial charge in [0.15, 0.2) is 0 Å². The van der Waals surface area contributed by atoms with Gasteiger partial charge in [-0.15, -0.1) is 0 Å². The molecular weight excluding hydrogens is 233 g/mol. The van der Waals surface area contributed by atoms with E-state index in [0.717, 1.165) is 24.5 Å². The fourth-order valence-corrected chi connectivity index (χ4v) is 1.91. The number of nitrogens with zero attached hydrogens (tertiary/aromatic N) is 4. The van der Waals surface area contributed by atoms with Crippen molar-refractivity contribution < 1.29 is 4.39 Å². The van der Waals surface area contributed by atoms with E-state index in [1.54, 1.807) is 17.1 Å². The highest BCUT2D eigenvalue weighted by Gasteiger charge is 2.03. The van der Waals surface area contributed by atoms with E-state index in [-0.39, 0.29) is 0 Å². The molecule has 0 radical (unpaired) electrons. The van der Waals surface area contributed by atoms with Crippen molar-refractivity contribution in [2.75, 3.05) is 6.67 Å². The predicted octanol–water partition coefficient (Wildman–Crippen LogP) is 1.36. The monoisotopic (exact) mass is 251 g/mol. The lowest BCUT2D eigenvalue weighted by molar-refractivity contribution is 0.416. The van der Waals surface area contributed by atoms with Gasteiger partial charge in [-0.05, 0) is 19.1 Å². The summed E-state index contributed by atoms with van der Waals surface area (Å²) in [6, 6.07) is 3.90. The third-order valence-corrected chi connectivity index (χ3v) is 2.82. The third kappa shape index (κ3) is 2.95. The highest BCUT2D eigenvalue weighted by molar-refractivity contribution is 5.03. The van der Waals surface area contributed by atoms with Crippen LogP contribution in [0.15, 0.2) is 24.5 Å². The summed E-state index contributed by atoms with van der Waals surface area (Å²) in [7, 11) is 0. The molecule has 98 valence electrons. The van der Waals surface area contributed by atoms with Crippen molar-refractivity contribution in [1.29, 1.82) is 0 Å². The highest BCUT2D eigenvalue weighted by Crippen LogP contribution is 2.01. The lowest BCUT2D eigenvalue weighted by atomic mass is 10.3. The molecule has 0 spiro atoms. The molecule has 18 heavy (non-hydrogen) atoms. The van der Waals surface area contributed by atoms with Crippen LogP contribution in [0.2, 0.25) is 0 Å². The summed E-state index contributed by atoms with van der Waals surface area (Å²) in [5.74, 6) is 0. The van der Waals surface area contributed by atoms with Crippen molar-refractivity contribution in [1.82, 2.24) is 24.9 Å². The van der Waals surface area contributed by atoms with Crippen molar-refractivity contribution in [3.05, 3.63) is 35.9 Å². The maximum Gasteiger partial charge on any atom is 0.109 e. The van der Waals surface area contributed by atoms with Gasteiger partial charge < -0.3 is 5.32 Å². The Kier molecular flexibility index (Phi) is 4.46. The Morgan fingerprint density at radius 1 is 1.11 bits per heavy atom. The van der Waals surface area contributed by atoms with Crippen LogP contribution in [0, 0.1) is 0 Å². The number of nitrogens with one attached hydrogen (secondary N) is 1. The first kappa shape index (κ1) is 12.8. The molecule has 0 aliphatic carbocycles. The van der Waals surface area contributed by atoms with Crippen LogP contribution in [0.3, 0.4) is 0 Å². The van der Waals surface area contributed by atoms with Crippen LogP contribution in [-0.4, -0.2) is 26.2 Å². The van der Waals surface area contributed by atoms with Crippen molar-refractivity contribution in [3.63, 3.8) is 0 Å². The second-order valence-corrected chi connectivity index (χ2v) is 3.98. The number of halogens is 1. The molecule has 0 aliphatic rings. The number of aryl methyl sites for hydroxylation is 2. The Hall–Kier alpha value is -1.69. The van der Waals surface area contributed by atoms with Crippen LogP contribution < -0.4 is 5.32 Å². The summed E-state index contributed by atoms with van der Waals surface area (Å²) >= 11 is 0. The van der Waals surface area contributed by atoms with Crippen molar-refractivity contribution in [2.45, 2.75) is 33.1 Å². The van der Waals surface area contributed by atoms with Gasteiger partial charge in [0.25, 0.3) is 0 Å². The van der Waals surface area contributed by atoms with E-state index in [9.17, 15) is 4.39 Å². The third-order valence-electron chi connectivity index (χ3n) is 2.82. The Labute approximate surface area is 106 Å². The molecule has 2 aromatic heterocycles. The first-order chi connectivity index (χ1) is 8.85. The van der Waals surface area contributed by atoms with Crippen molar-refractivity contribution in [3.8, 4) is 0 Å². The van der Waals surface area contributed by atoms with Crippen LogP contribution in [-0.2, 0) is 26.2 Å². The molecule has 0 aromatic carbocycles. The molecular formula is C12H18FN5. The van der Waals surface area contributed by atoms with E-state index in [2.05, 4.69) is 22.4 Å². The molecule has 5 nitrogen and oxygen atoms in total. The highest BCUT2D eigenvalue weighted by atomic mass is 19.1. The molecule has 0 amide bonds. The fraction of sp³-hybridized carbons (Fsp3) is 0.500. The van der Waals surface area contributed by atoms with Crippen LogP contribution in [0.1, 0.15) is 18.3 Å². The van der Waals surface area contributed by atoms with E-state index in [1.807, 2.05) is 16.8 Å². The van der Waals surface area contributed by atoms with Crippen molar-refractivity contribution in [2.24, 2.45) is 0 Å². The molecule has 0 fully saturated rings. The Morgan fingerprint density at radius 3 is 2.33 bits per heavy atom. The normalized spacial score (nSPS) is 11.0. The van der Waals surface area contributed by atoms with Gasteiger partial charge in [0.2, 0.25) is 0 Å². The lowest BCUT2D eigenvalue weighted by Gasteiger charge is -2.08. The number of alkyl halides is 1. The molecule has 2 heterocycles. The minimum absolute atomic E-state index is 0.316. The molecule has 0 bridgehead atoms. The quantitative estimate of drug-likeness (QED) is 0.808.